The molecule has 0 saturated heterocycles. The summed E-state index contributed by atoms with van der Waals surface area (Å²) in [5.74, 6) is -0.365. The van der Waals surface area contributed by atoms with Crippen LogP contribution >= 0.6 is 34.8 Å². The number of ether oxygens (including phenoxy) is 1. The number of benzene rings is 4. The van der Waals surface area contributed by atoms with Gasteiger partial charge in [0.05, 0.1) is 10.7 Å². The fourth-order valence-corrected chi connectivity index (χ4v) is 4.48. The summed E-state index contributed by atoms with van der Waals surface area (Å²) < 4.78 is 5.76. The molecule has 0 radical (unpaired) electrons. The maximum absolute atomic E-state index is 13.0. The van der Waals surface area contributed by atoms with Gasteiger partial charge < -0.3 is 15.4 Å². The maximum atomic E-state index is 13.0. The first-order chi connectivity index (χ1) is 18.8. The summed E-state index contributed by atoms with van der Waals surface area (Å²) in [6.07, 6.45) is 0. The van der Waals surface area contributed by atoms with Crippen molar-refractivity contribution >= 4 is 69.6 Å². The highest BCUT2D eigenvalue weighted by Crippen LogP contribution is 2.35. The second-order valence-corrected chi connectivity index (χ2v) is 9.55. The van der Waals surface area contributed by atoms with Crippen molar-refractivity contribution in [2.75, 3.05) is 15.5 Å². The van der Waals surface area contributed by atoms with E-state index in [4.69, 9.17) is 39.5 Å². The molecule has 194 valence electrons. The molecule has 0 fully saturated rings. The van der Waals surface area contributed by atoms with Gasteiger partial charge in [-0.25, -0.2) is 4.90 Å². The summed E-state index contributed by atoms with van der Waals surface area (Å²) in [4.78, 5) is 39.3. The van der Waals surface area contributed by atoms with Gasteiger partial charge >= 0.3 is 0 Å². The minimum absolute atomic E-state index is 0.109. The van der Waals surface area contributed by atoms with E-state index in [9.17, 15) is 14.4 Å². The highest BCUT2D eigenvalue weighted by Gasteiger charge is 2.39. The van der Waals surface area contributed by atoms with Crippen LogP contribution in [0.3, 0.4) is 0 Å². The number of imide groups is 1. The zero-order chi connectivity index (χ0) is 27.5. The Hall–Kier alpha value is -4.30. The fraction of sp³-hybridized carbons (Fsp3) is 0. The van der Waals surface area contributed by atoms with Crippen molar-refractivity contribution in [3.05, 3.63) is 123 Å². The molecule has 0 unspecified atom stereocenters. The van der Waals surface area contributed by atoms with E-state index in [1.807, 2.05) is 30.3 Å². The Labute approximate surface area is 238 Å². The lowest BCUT2D eigenvalue weighted by Gasteiger charge is -2.16. The summed E-state index contributed by atoms with van der Waals surface area (Å²) in [5.41, 5.74) is 1.48. The second kappa shape index (κ2) is 11.2. The van der Waals surface area contributed by atoms with Crippen molar-refractivity contribution in [1.82, 2.24) is 0 Å². The average Bonchev–Trinajstić information content (AvgIpc) is 3.14. The standard InChI is InChI=1S/C29H18Cl3N3O4/c30-18-8-15-24(23(31)16-18)35-28(37)25(32)26(29(35)38)33-19-9-6-17(7-10-19)27(36)34-20-11-13-22(14-12-20)39-21-4-2-1-3-5-21/h1-16,33H,(H,34,36). The normalized spacial score (nSPS) is 13.1. The van der Waals surface area contributed by atoms with Crippen LogP contribution in [0.15, 0.2) is 108 Å². The lowest BCUT2D eigenvalue weighted by atomic mass is 10.2. The molecule has 0 saturated carbocycles. The van der Waals surface area contributed by atoms with Crippen LogP contribution < -0.4 is 20.3 Å². The van der Waals surface area contributed by atoms with Gasteiger partial charge in [-0.15, -0.1) is 0 Å². The Morgan fingerprint density at radius 2 is 1.36 bits per heavy atom. The van der Waals surface area contributed by atoms with Gasteiger partial charge in [-0.2, -0.15) is 0 Å². The predicted molar refractivity (Wildman–Crippen MR) is 153 cm³/mol. The van der Waals surface area contributed by atoms with Gasteiger partial charge in [-0.3, -0.25) is 14.4 Å². The van der Waals surface area contributed by atoms with Crippen molar-refractivity contribution in [2.45, 2.75) is 0 Å². The smallest absolute Gasteiger partial charge is 0.283 e. The highest BCUT2D eigenvalue weighted by molar-refractivity contribution is 6.54. The van der Waals surface area contributed by atoms with Crippen molar-refractivity contribution in [3.63, 3.8) is 0 Å². The lowest BCUT2D eigenvalue weighted by molar-refractivity contribution is -0.120. The van der Waals surface area contributed by atoms with Crippen LogP contribution in [0.4, 0.5) is 17.1 Å². The SMILES string of the molecule is O=C(Nc1ccc(Oc2ccccc2)cc1)c1ccc(NC2=C(Cl)C(=O)N(c3ccc(Cl)cc3Cl)C2=O)cc1. The summed E-state index contributed by atoms with van der Waals surface area (Å²) in [6, 6.07) is 27.1. The van der Waals surface area contributed by atoms with Crippen molar-refractivity contribution in [3.8, 4) is 11.5 Å². The van der Waals surface area contributed by atoms with E-state index in [2.05, 4.69) is 10.6 Å². The molecule has 1 aliphatic rings. The third kappa shape index (κ3) is 5.76. The van der Waals surface area contributed by atoms with Crippen LogP contribution in [0, 0.1) is 0 Å². The number of carbonyl (C=O) groups is 3. The number of carbonyl (C=O) groups excluding carboxylic acids is 3. The number of para-hydroxylation sites is 1. The van der Waals surface area contributed by atoms with E-state index in [-0.39, 0.29) is 27.3 Å². The highest BCUT2D eigenvalue weighted by atomic mass is 35.5. The number of rotatable bonds is 7. The number of nitrogens with one attached hydrogen (secondary N) is 2. The molecule has 4 aromatic carbocycles. The molecule has 39 heavy (non-hydrogen) atoms. The molecule has 0 aliphatic carbocycles. The first kappa shape index (κ1) is 26.3. The van der Waals surface area contributed by atoms with E-state index >= 15 is 0 Å². The minimum atomic E-state index is -0.718. The van der Waals surface area contributed by atoms with Crippen LogP contribution in [-0.4, -0.2) is 17.7 Å². The number of hydrogen-bond donors (Lipinski definition) is 2. The molecule has 2 N–H and O–H groups in total. The van der Waals surface area contributed by atoms with E-state index < -0.39 is 11.8 Å². The van der Waals surface area contributed by atoms with Gasteiger partial charge in [0.1, 0.15) is 22.2 Å². The number of hydrogen-bond acceptors (Lipinski definition) is 5. The predicted octanol–water partition coefficient (Wildman–Crippen LogP) is 7.47. The van der Waals surface area contributed by atoms with Crippen LogP contribution in [-0.2, 0) is 9.59 Å². The summed E-state index contributed by atoms with van der Waals surface area (Å²) in [6.45, 7) is 0. The molecular weight excluding hydrogens is 561 g/mol. The van der Waals surface area contributed by atoms with E-state index in [0.29, 0.717) is 33.5 Å². The molecule has 5 rings (SSSR count). The fourth-order valence-electron chi connectivity index (χ4n) is 3.78. The van der Waals surface area contributed by atoms with Gasteiger partial charge in [-0.1, -0.05) is 53.0 Å². The van der Waals surface area contributed by atoms with Crippen molar-refractivity contribution in [1.29, 1.82) is 0 Å². The summed E-state index contributed by atoms with van der Waals surface area (Å²) in [7, 11) is 0. The Balaban J connectivity index is 1.23. The molecule has 4 aromatic rings. The lowest BCUT2D eigenvalue weighted by Crippen LogP contribution is -2.32. The molecule has 0 spiro atoms. The first-order valence-corrected chi connectivity index (χ1v) is 12.7. The van der Waals surface area contributed by atoms with Gasteiger partial charge in [-0.05, 0) is 78.9 Å². The molecule has 1 heterocycles. The largest absolute Gasteiger partial charge is 0.457 e. The number of nitrogens with zero attached hydrogens (tertiary/aromatic N) is 1. The Bertz CT molecular complexity index is 1610. The Kier molecular flexibility index (Phi) is 7.56. The quantitative estimate of drug-likeness (QED) is 0.222. The molecule has 10 heteroatoms. The number of halogens is 3. The monoisotopic (exact) mass is 577 g/mol. The third-order valence-corrected chi connectivity index (χ3v) is 6.57. The van der Waals surface area contributed by atoms with Gasteiger partial charge in [0, 0.05) is 22.0 Å². The molecular formula is C29H18Cl3N3O4. The topological polar surface area (TPSA) is 87.7 Å². The van der Waals surface area contributed by atoms with E-state index in [0.717, 1.165) is 4.90 Å². The van der Waals surface area contributed by atoms with Crippen LogP contribution in [0.25, 0.3) is 0 Å². The van der Waals surface area contributed by atoms with E-state index in [1.54, 1.807) is 48.5 Å². The zero-order valence-electron chi connectivity index (χ0n) is 20.0. The van der Waals surface area contributed by atoms with Crippen molar-refractivity contribution in [2.24, 2.45) is 0 Å². The Morgan fingerprint density at radius 1 is 0.718 bits per heavy atom. The van der Waals surface area contributed by atoms with E-state index in [1.165, 1.54) is 18.2 Å². The minimum Gasteiger partial charge on any atom is -0.457 e. The van der Waals surface area contributed by atoms with Crippen LogP contribution in [0.1, 0.15) is 10.4 Å². The third-order valence-electron chi connectivity index (χ3n) is 5.69. The molecule has 7 nitrogen and oxygen atoms in total. The number of amides is 3. The molecule has 0 bridgehead atoms. The first-order valence-electron chi connectivity index (χ1n) is 11.5. The molecule has 1 aliphatic heterocycles. The van der Waals surface area contributed by atoms with Gasteiger partial charge in [0.2, 0.25) is 0 Å². The van der Waals surface area contributed by atoms with Crippen LogP contribution in [0.5, 0.6) is 11.5 Å². The maximum Gasteiger partial charge on any atom is 0.283 e. The molecule has 0 atom stereocenters. The van der Waals surface area contributed by atoms with Crippen molar-refractivity contribution < 1.29 is 19.1 Å². The average molecular weight is 579 g/mol. The second-order valence-electron chi connectivity index (χ2n) is 8.33. The molecule has 3 amide bonds. The van der Waals surface area contributed by atoms with Gasteiger partial charge in [0.15, 0.2) is 0 Å². The zero-order valence-corrected chi connectivity index (χ0v) is 22.2. The summed E-state index contributed by atoms with van der Waals surface area (Å²) >= 11 is 18.3. The summed E-state index contributed by atoms with van der Waals surface area (Å²) in [5, 5.41) is 5.89. The Morgan fingerprint density at radius 3 is 2.03 bits per heavy atom. The van der Waals surface area contributed by atoms with Crippen LogP contribution in [0.2, 0.25) is 10.0 Å². The number of anilines is 3. The molecule has 0 aromatic heterocycles. The van der Waals surface area contributed by atoms with Gasteiger partial charge in [0.25, 0.3) is 17.7 Å².